The van der Waals surface area contributed by atoms with Crippen molar-refractivity contribution in [3.8, 4) is 0 Å². The molecule has 1 saturated heterocycles. The molecule has 1 aliphatic heterocycles. The SMILES string of the molecule is C[C@H](NC(=O)CN1C(=O)NC2(CCC(C(C)(C)C)CC2)C1=O)C(=O)O. The molecule has 25 heavy (non-hydrogen) atoms. The van der Waals surface area contributed by atoms with Crippen LogP contribution in [0.1, 0.15) is 53.4 Å². The van der Waals surface area contributed by atoms with Crippen molar-refractivity contribution in [2.75, 3.05) is 6.54 Å². The minimum absolute atomic E-state index is 0.153. The number of urea groups is 1. The first-order valence-corrected chi connectivity index (χ1v) is 8.62. The van der Waals surface area contributed by atoms with Gasteiger partial charge in [-0.25, -0.2) is 4.79 Å². The zero-order valence-electron chi connectivity index (χ0n) is 15.2. The van der Waals surface area contributed by atoms with Crippen LogP contribution in [0.5, 0.6) is 0 Å². The van der Waals surface area contributed by atoms with Gasteiger partial charge in [-0.05, 0) is 43.9 Å². The first-order valence-electron chi connectivity index (χ1n) is 8.62. The molecule has 8 nitrogen and oxygen atoms in total. The standard InChI is InChI=1S/C17H27N3O5/c1-10(13(22)23)18-12(21)9-20-14(24)17(19-15(20)25)7-5-11(6-8-17)16(2,3)4/h10-11H,5-9H2,1-4H3,(H,18,21)(H,19,25)(H,22,23)/t10-,11?,17?/m0/s1. The minimum atomic E-state index is -1.18. The van der Waals surface area contributed by atoms with Crippen molar-refractivity contribution in [3.63, 3.8) is 0 Å². The number of imide groups is 1. The van der Waals surface area contributed by atoms with Crippen LogP contribution in [0.4, 0.5) is 4.79 Å². The summed E-state index contributed by atoms with van der Waals surface area (Å²) in [5, 5.41) is 13.8. The topological polar surface area (TPSA) is 116 Å². The Morgan fingerprint density at radius 1 is 1.32 bits per heavy atom. The summed E-state index contributed by atoms with van der Waals surface area (Å²) in [5.74, 6) is -1.75. The van der Waals surface area contributed by atoms with Crippen molar-refractivity contribution in [1.82, 2.24) is 15.5 Å². The fraction of sp³-hybridized carbons (Fsp3) is 0.765. The highest BCUT2D eigenvalue weighted by molar-refractivity contribution is 6.09. The van der Waals surface area contributed by atoms with Gasteiger partial charge in [0, 0.05) is 0 Å². The number of amides is 4. The molecule has 8 heteroatoms. The molecular weight excluding hydrogens is 326 g/mol. The molecule has 1 aliphatic carbocycles. The molecule has 1 heterocycles. The molecule has 4 amide bonds. The van der Waals surface area contributed by atoms with Crippen LogP contribution < -0.4 is 10.6 Å². The number of carbonyl (C=O) groups is 4. The summed E-state index contributed by atoms with van der Waals surface area (Å²) >= 11 is 0. The monoisotopic (exact) mass is 353 g/mol. The summed E-state index contributed by atoms with van der Waals surface area (Å²) in [4.78, 5) is 48.5. The fourth-order valence-corrected chi connectivity index (χ4v) is 3.63. The van der Waals surface area contributed by atoms with Crippen LogP contribution in [0.15, 0.2) is 0 Å². The Balaban J connectivity index is 2.01. The Kier molecular flexibility index (Phi) is 5.11. The van der Waals surface area contributed by atoms with Crippen LogP contribution in [0.3, 0.4) is 0 Å². The van der Waals surface area contributed by atoms with E-state index in [1.54, 1.807) is 0 Å². The lowest BCUT2D eigenvalue weighted by molar-refractivity contribution is -0.141. The van der Waals surface area contributed by atoms with Gasteiger partial charge in [-0.15, -0.1) is 0 Å². The minimum Gasteiger partial charge on any atom is -0.480 e. The summed E-state index contributed by atoms with van der Waals surface area (Å²) in [5.41, 5.74) is -0.767. The van der Waals surface area contributed by atoms with Gasteiger partial charge < -0.3 is 15.7 Å². The van der Waals surface area contributed by atoms with Gasteiger partial charge in [-0.2, -0.15) is 0 Å². The van der Waals surface area contributed by atoms with Crippen molar-refractivity contribution in [2.45, 2.75) is 65.0 Å². The quantitative estimate of drug-likeness (QED) is 0.655. The number of carboxylic acids is 1. The molecule has 0 bridgehead atoms. The Morgan fingerprint density at radius 2 is 1.88 bits per heavy atom. The predicted molar refractivity (Wildman–Crippen MR) is 89.6 cm³/mol. The number of nitrogens with one attached hydrogen (secondary N) is 2. The second-order valence-corrected chi connectivity index (χ2v) is 8.17. The second-order valence-electron chi connectivity index (χ2n) is 8.17. The average molecular weight is 353 g/mol. The van der Waals surface area contributed by atoms with E-state index >= 15 is 0 Å². The highest BCUT2D eigenvalue weighted by Gasteiger charge is 2.53. The van der Waals surface area contributed by atoms with Crippen molar-refractivity contribution < 1.29 is 24.3 Å². The van der Waals surface area contributed by atoms with E-state index in [1.165, 1.54) is 6.92 Å². The second kappa shape index (κ2) is 6.65. The Hall–Kier alpha value is -2.12. The van der Waals surface area contributed by atoms with E-state index in [2.05, 4.69) is 31.4 Å². The molecular formula is C17H27N3O5. The molecule has 1 saturated carbocycles. The largest absolute Gasteiger partial charge is 0.480 e. The zero-order valence-corrected chi connectivity index (χ0v) is 15.2. The maximum Gasteiger partial charge on any atom is 0.325 e. The molecule has 0 radical (unpaired) electrons. The molecule has 0 aromatic heterocycles. The molecule has 2 fully saturated rings. The smallest absolute Gasteiger partial charge is 0.325 e. The Bertz CT molecular complexity index is 588. The van der Waals surface area contributed by atoms with Gasteiger partial charge >= 0.3 is 12.0 Å². The van der Waals surface area contributed by atoms with E-state index in [4.69, 9.17) is 5.11 Å². The van der Waals surface area contributed by atoms with Crippen LogP contribution in [-0.2, 0) is 14.4 Å². The Morgan fingerprint density at radius 3 is 2.36 bits per heavy atom. The first kappa shape index (κ1) is 19.2. The van der Waals surface area contributed by atoms with Crippen molar-refractivity contribution in [1.29, 1.82) is 0 Å². The van der Waals surface area contributed by atoms with Gasteiger partial charge in [0.1, 0.15) is 18.1 Å². The predicted octanol–water partition coefficient (Wildman–Crippen LogP) is 1.10. The molecule has 0 unspecified atom stereocenters. The Labute approximate surface area is 147 Å². The number of hydrogen-bond donors (Lipinski definition) is 3. The van der Waals surface area contributed by atoms with E-state index in [9.17, 15) is 19.2 Å². The van der Waals surface area contributed by atoms with E-state index in [0.717, 1.165) is 17.7 Å². The van der Waals surface area contributed by atoms with Gasteiger partial charge in [-0.3, -0.25) is 19.3 Å². The third-order valence-electron chi connectivity index (χ3n) is 5.36. The number of nitrogens with zero attached hydrogens (tertiary/aromatic N) is 1. The van der Waals surface area contributed by atoms with Crippen molar-refractivity contribution >= 4 is 23.8 Å². The lowest BCUT2D eigenvalue weighted by atomic mass is 9.67. The van der Waals surface area contributed by atoms with Gasteiger partial charge in [0.2, 0.25) is 5.91 Å². The van der Waals surface area contributed by atoms with Crippen LogP contribution in [-0.4, -0.2) is 51.9 Å². The molecule has 0 aromatic rings. The van der Waals surface area contributed by atoms with Gasteiger partial charge in [-0.1, -0.05) is 20.8 Å². The highest BCUT2D eigenvalue weighted by atomic mass is 16.4. The number of carboxylic acid groups (broad SMARTS) is 1. The molecule has 140 valence electrons. The van der Waals surface area contributed by atoms with E-state index in [0.29, 0.717) is 18.8 Å². The molecule has 3 N–H and O–H groups in total. The maximum atomic E-state index is 12.8. The lowest BCUT2D eigenvalue weighted by Gasteiger charge is -2.40. The molecule has 1 atom stereocenters. The number of carbonyl (C=O) groups excluding carboxylic acids is 3. The van der Waals surface area contributed by atoms with Gasteiger partial charge in [0.05, 0.1) is 0 Å². The summed E-state index contributed by atoms with van der Waals surface area (Å²) in [6.07, 6.45) is 2.80. The lowest BCUT2D eigenvalue weighted by Crippen LogP contribution is -2.51. The highest BCUT2D eigenvalue weighted by Crippen LogP contribution is 2.43. The van der Waals surface area contributed by atoms with Crippen LogP contribution in [0.25, 0.3) is 0 Å². The van der Waals surface area contributed by atoms with Gasteiger partial charge in [0.15, 0.2) is 0 Å². The third-order valence-corrected chi connectivity index (χ3v) is 5.36. The molecule has 2 rings (SSSR count). The van der Waals surface area contributed by atoms with Crippen LogP contribution >= 0.6 is 0 Å². The van der Waals surface area contributed by atoms with Crippen LogP contribution in [0.2, 0.25) is 0 Å². The number of aliphatic carboxylic acids is 1. The van der Waals surface area contributed by atoms with Crippen LogP contribution in [0, 0.1) is 11.3 Å². The maximum absolute atomic E-state index is 12.8. The average Bonchev–Trinajstić information content (AvgIpc) is 2.71. The summed E-state index contributed by atoms with van der Waals surface area (Å²) in [6.45, 7) is 7.37. The van der Waals surface area contributed by atoms with E-state index in [1.807, 2.05) is 0 Å². The van der Waals surface area contributed by atoms with Crippen molar-refractivity contribution in [3.05, 3.63) is 0 Å². The van der Waals surface area contributed by atoms with Crippen molar-refractivity contribution in [2.24, 2.45) is 11.3 Å². The van der Waals surface area contributed by atoms with E-state index in [-0.39, 0.29) is 11.3 Å². The molecule has 0 aromatic carbocycles. The summed E-state index contributed by atoms with van der Waals surface area (Å²) in [6, 6.07) is -1.67. The zero-order chi connectivity index (χ0) is 19.0. The van der Waals surface area contributed by atoms with E-state index < -0.39 is 36.0 Å². The number of hydrogen-bond acceptors (Lipinski definition) is 4. The number of rotatable bonds is 4. The van der Waals surface area contributed by atoms with Gasteiger partial charge in [0.25, 0.3) is 5.91 Å². The summed E-state index contributed by atoms with van der Waals surface area (Å²) in [7, 11) is 0. The molecule has 1 spiro atoms. The summed E-state index contributed by atoms with van der Waals surface area (Å²) < 4.78 is 0. The third kappa shape index (κ3) is 3.93. The molecule has 2 aliphatic rings. The fourth-order valence-electron chi connectivity index (χ4n) is 3.63. The first-order chi connectivity index (χ1) is 11.5. The normalized spacial score (nSPS) is 28.0.